The minimum atomic E-state index is -0.529. The van der Waals surface area contributed by atoms with Crippen molar-refractivity contribution >= 4 is 12.1 Å². The van der Waals surface area contributed by atoms with Crippen LogP contribution in [0.15, 0.2) is 24.3 Å². The van der Waals surface area contributed by atoms with Crippen molar-refractivity contribution in [2.45, 2.75) is 50.7 Å². The van der Waals surface area contributed by atoms with Gasteiger partial charge in [0.1, 0.15) is 5.82 Å². The molecular weight excluding hydrogens is 479 g/mol. The number of likely N-dealkylation sites (N-methyl/N-ethyl adjacent to an activating group) is 1. The fourth-order valence-corrected chi connectivity index (χ4v) is 5.35. The number of hydrogen-bond donors (Lipinski definition) is 3. The van der Waals surface area contributed by atoms with Crippen LogP contribution in [0.25, 0.3) is 0 Å². The number of carbonyl (C=O) groups is 2. The molecule has 2 heterocycles. The van der Waals surface area contributed by atoms with Crippen LogP contribution in [0.1, 0.15) is 50.2 Å². The molecular formula is C27H43FN4O5. The fourth-order valence-electron chi connectivity index (χ4n) is 5.35. The number of hydrogen-bond acceptors (Lipinski definition) is 6. The third kappa shape index (κ3) is 9.75. The smallest absolute Gasteiger partial charge is 0.406 e. The van der Waals surface area contributed by atoms with Gasteiger partial charge in [-0.05, 0) is 69.2 Å². The molecule has 0 radical (unpaired) electrons. The number of nitrogens with zero attached hydrogens (tertiary/aromatic N) is 1. The lowest BCUT2D eigenvalue weighted by molar-refractivity contribution is -0.00880. The lowest BCUT2D eigenvalue weighted by Gasteiger charge is -2.38. The van der Waals surface area contributed by atoms with Crippen LogP contribution in [0.4, 0.5) is 14.0 Å². The highest BCUT2D eigenvalue weighted by Crippen LogP contribution is 2.33. The summed E-state index contributed by atoms with van der Waals surface area (Å²) in [4.78, 5) is 26.5. The van der Waals surface area contributed by atoms with E-state index in [1.807, 2.05) is 18.0 Å². The number of amides is 3. The van der Waals surface area contributed by atoms with Gasteiger partial charge in [0, 0.05) is 51.4 Å². The number of ether oxygens (including phenoxy) is 3. The molecule has 3 amide bonds. The molecule has 2 fully saturated rings. The summed E-state index contributed by atoms with van der Waals surface area (Å²) in [6.07, 6.45) is 4.91. The maximum Gasteiger partial charge on any atom is 0.406 e. The van der Waals surface area contributed by atoms with E-state index in [0.717, 1.165) is 57.3 Å². The van der Waals surface area contributed by atoms with Gasteiger partial charge in [-0.25, -0.2) is 14.0 Å². The van der Waals surface area contributed by atoms with Crippen LogP contribution in [0, 0.1) is 17.7 Å². The van der Waals surface area contributed by atoms with Crippen LogP contribution in [-0.4, -0.2) is 83.2 Å². The standard InChI is InChI=1S/C27H43FN4O5/c1-29-18-24(16-20-6-5-13-36-14-10-20)31-26(33)32-12-4-8-22(19-32)25(21-7-3-9-23(28)17-21)37-15-11-30-27(34)35-2/h3,7,9,17,20,22,24-25,29H,4-6,8,10-16,18-19H2,1-2H3,(H,30,34)(H,31,33). The highest BCUT2D eigenvalue weighted by Gasteiger charge is 2.32. The molecule has 1 aromatic rings. The minimum Gasteiger partial charge on any atom is -0.453 e. The number of benzene rings is 1. The number of rotatable bonds is 11. The van der Waals surface area contributed by atoms with Crippen molar-refractivity contribution in [1.82, 2.24) is 20.9 Å². The Bertz CT molecular complexity index is 837. The fraction of sp³-hybridized carbons (Fsp3) is 0.704. The molecule has 0 bridgehead atoms. The first kappa shape index (κ1) is 29.1. The molecule has 208 valence electrons. The largest absolute Gasteiger partial charge is 0.453 e. The molecule has 2 aliphatic rings. The van der Waals surface area contributed by atoms with Gasteiger partial charge in [0.15, 0.2) is 0 Å². The zero-order chi connectivity index (χ0) is 26.5. The summed E-state index contributed by atoms with van der Waals surface area (Å²) >= 11 is 0. The van der Waals surface area contributed by atoms with Crippen LogP contribution in [0.5, 0.6) is 0 Å². The Morgan fingerprint density at radius 3 is 2.86 bits per heavy atom. The van der Waals surface area contributed by atoms with Crippen LogP contribution in [-0.2, 0) is 14.2 Å². The lowest BCUT2D eigenvalue weighted by atomic mass is 9.88. The van der Waals surface area contributed by atoms with Crippen molar-refractivity contribution in [1.29, 1.82) is 0 Å². The monoisotopic (exact) mass is 522 g/mol. The summed E-state index contributed by atoms with van der Waals surface area (Å²) in [6.45, 7) is 4.02. The summed E-state index contributed by atoms with van der Waals surface area (Å²) in [5.74, 6) is 0.212. The number of alkyl carbamates (subject to hydrolysis) is 1. The number of nitrogens with one attached hydrogen (secondary N) is 3. The molecule has 3 N–H and O–H groups in total. The SMILES string of the molecule is CNCC(CC1CCCOCC1)NC(=O)N1CCCC(C(OCCNC(=O)OC)c2cccc(F)c2)C1. The summed E-state index contributed by atoms with van der Waals surface area (Å²) in [7, 11) is 3.21. The summed E-state index contributed by atoms with van der Waals surface area (Å²) in [5, 5.41) is 9.08. The first-order valence-electron chi connectivity index (χ1n) is 13.5. The van der Waals surface area contributed by atoms with E-state index in [1.165, 1.54) is 19.2 Å². The maximum atomic E-state index is 14.1. The van der Waals surface area contributed by atoms with Gasteiger partial charge >= 0.3 is 12.1 Å². The van der Waals surface area contributed by atoms with Gasteiger partial charge in [0.25, 0.3) is 0 Å². The number of likely N-dealkylation sites (tertiary alicyclic amines) is 1. The van der Waals surface area contributed by atoms with Crippen molar-refractivity contribution in [2.75, 3.05) is 60.2 Å². The third-order valence-corrected chi connectivity index (χ3v) is 7.17. The van der Waals surface area contributed by atoms with Gasteiger partial charge < -0.3 is 35.1 Å². The Kier molecular flexibility index (Phi) is 12.4. The van der Waals surface area contributed by atoms with Crippen LogP contribution < -0.4 is 16.0 Å². The Morgan fingerprint density at radius 2 is 2.08 bits per heavy atom. The molecule has 2 saturated heterocycles. The van der Waals surface area contributed by atoms with Crippen LogP contribution >= 0.6 is 0 Å². The van der Waals surface area contributed by atoms with E-state index in [0.29, 0.717) is 25.6 Å². The van der Waals surface area contributed by atoms with E-state index in [9.17, 15) is 14.0 Å². The summed E-state index contributed by atoms with van der Waals surface area (Å²) < 4.78 is 30.4. The Labute approximate surface area is 219 Å². The maximum absolute atomic E-state index is 14.1. The Morgan fingerprint density at radius 1 is 1.22 bits per heavy atom. The third-order valence-electron chi connectivity index (χ3n) is 7.17. The summed E-state index contributed by atoms with van der Waals surface area (Å²) in [6, 6.07) is 6.38. The van der Waals surface area contributed by atoms with Crippen molar-refractivity contribution in [2.24, 2.45) is 11.8 Å². The van der Waals surface area contributed by atoms with E-state index < -0.39 is 12.2 Å². The quantitative estimate of drug-likeness (QED) is 0.385. The zero-order valence-electron chi connectivity index (χ0n) is 22.2. The molecule has 4 atom stereocenters. The molecule has 9 nitrogen and oxygen atoms in total. The van der Waals surface area contributed by atoms with Crippen LogP contribution in [0.3, 0.4) is 0 Å². The van der Waals surface area contributed by atoms with E-state index in [-0.39, 0.29) is 37.0 Å². The normalized spacial score (nSPS) is 22.0. The molecule has 0 aliphatic carbocycles. The van der Waals surface area contributed by atoms with Crippen molar-refractivity contribution in [3.63, 3.8) is 0 Å². The molecule has 0 aromatic heterocycles. The van der Waals surface area contributed by atoms with Gasteiger partial charge in [-0.1, -0.05) is 12.1 Å². The van der Waals surface area contributed by atoms with E-state index >= 15 is 0 Å². The molecule has 2 aliphatic heterocycles. The van der Waals surface area contributed by atoms with Gasteiger partial charge in [-0.2, -0.15) is 0 Å². The minimum absolute atomic E-state index is 0.00109. The molecule has 3 rings (SSSR count). The summed E-state index contributed by atoms with van der Waals surface area (Å²) in [5.41, 5.74) is 0.731. The second-order valence-corrected chi connectivity index (χ2v) is 9.96. The average molecular weight is 523 g/mol. The van der Waals surface area contributed by atoms with Gasteiger partial charge in [-0.15, -0.1) is 0 Å². The second kappa shape index (κ2) is 15.7. The second-order valence-electron chi connectivity index (χ2n) is 9.96. The first-order chi connectivity index (χ1) is 18.0. The number of halogens is 1. The molecule has 0 saturated carbocycles. The zero-order valence-corrected chi connectivity index (χ0v) is 22.2. The topological polar surface area (TPSA) is 101 Å². The predicted molar refractivity (Wildman–Crippen MR) is 139 cm³/mol. The predicted octanol–water partition coefficient (Wildman–Crippen LogP) is 3.46. The lowest BCUT2D eigenvalue weighted by Crippen LogP contribution is -2.52. The highest BCUT2D eigenvalue weighted by molar-refractivity contribution is 5.74. The molecule has 1 aromatic carbocycles. The van der Waals surface area contributed by atoms with Gasteiger partial charge in [0.2, 0.25) is 0 Å². The Balaban J connectivity index is 1.62. The van der Waals surface area contributed by atoms with Crippen molar-refractivity contribution in [3.8, 4) is 0 Å². The van der Waals surface area contributed by atoms with Gasteiger partial charge in [-0.3, -0.25) is 0 Å². The molecule has 10 heteroatoms. The number of piperidine rings is 1. The van der Waals surface area contributed by atoms with Gasteiger partial charge in [0.05, 0.1) is 19.8 Å². The molecule has 4 unspecified atom stereocenters. The van der Waals surface area contributed by atoms with Crippen molar-refractivity contribution < 1.29 is 28.2 Å². The van der Waals surface area contributed by atoms with Crippen LogP contribution in [0.2, 0.25) is 0 Å². The number of methoxy groups -OCH3 is 1. The first-order valence-corrected chi connectivity index (χ1v) is 13.5. The number of carbonyl (C=O) groups excluding carboxylic acids is 2. The van der Waals surface area contributed by atoms with E-state index in [1.54, 1.807) is 6.07 Å². The average Bonchev–Trinajstić information content (AvgIpc) is 3.17. The Hall–Kier alpha value is -2.43. The van der Waals surface area contributed by atoms with Crippen molar-refractivity contribution in [3.05, 3.63) is 35.6 Å². The molecule has 0 spiro atoms. The molecule has 37 heavy (non-hydrogen) atoms. The van der Waals surface area contributed by atoms with E-state index in [2.05, 4.69) is 20.7 Å². The highest BCUT2D eigenvalue weighted by atomic mass is 19.1. The van der Waals surface area contributed by atoms with E-state index in [4.69, 9.17) is 9.47 Å². The number of urea groups is 1.